The number of hydrogen-bond acceptors (Lipinski definition) is 4. The van der Waals surface area contributed by atoms with Gasteiger partial charge in [-0.05, 0) is 12.8 Å². The van der Waals surface area contributed by atoms with Crippen LogP contribution >= 0.6 is 7.82 Å². The van der Waals surface area contributed by atoms with E-state index >= 15 is 0 Å². The molecule has 0 saturated heterocycles. The van der Waals surface area contributed by atoms with Gasteiger partial charge in [0.2, 0.25) is 0 Å². The molecule has 0 spiro atoms. The van der Waals surface area contributed by atoms with E-state index in [0.717, 1.165) is 19.3 Å². The van der Waals surface area contributed by atoms with Gasteiger partial charge in [-0.1, -0.05) is 58.3 Å². The lowest BCUT2D eigenvalue weighted by molar-refractivity contribution is 0.0260. The molecule has 3 N–H and O–H groups in total. The molecule has 1 unspecified atom stereocenters. The number of aliphatic hydroxyl groups excluding tert-OH is 1. The van der Waals surface area contributed by atoms with Crippen LogP contribution in [0.1, 0.15) is 71.1 Å². The SMILES string of the molecule is CCCCCCCCCCC(O)COCCCOP(=O)(O)O. The molecular formula is C15H33O6P. The fourth-order valence-electron chi connectivity index (χ4n) is 2.16. The van der Waals surface area contributed by atoms with E-state index < -0.39 is 13.9 Å². The fraction of sp³-hybridized carbons (Fsp3) is 1.00. The van der Waals surface area contributed by atoms with Crippen LogP contribution in [-0.2, 0) is 13.8 Å². The van der Waals surface area contributed by atoms with Gasteiger partial charge in [0.05, 0.1) is 19.3 Å². The molecule has 0 aliphatic carbocycles. The molecule has 0 aliphatic heterocycles. The largest absolute Gasteiger partial charge is 0.469 e. The van der Waals surface area contributed by atoms with E-state index in [-0.39, 0.29) is 13.2 Å². The molecule has 0 rings (SSSR count). The highest BCUT2D eigenvalue weighted by Crippen LogP contribution is 2.35. The van der Waals surface area contributed by atoms with Gasteiger partial charge in [0.25, 0.3) is 0 Å². The molecule has 0 aromatic heterocycles. The lowest BCUT2D eigenvalue weighted by Crippen LogP contribution is -2.16. The van der Waals surface area contributed by atoms with E-state index in [0.29, 0.717) is 13.0 Å². The molecular weight excluding hydrogens is 307 g/mol. The lowest BCUT2D eigenvalue weighted by Gasteiger charge is -2.11. The third-order valence-corrected chi connectivity index (χ3v) is 3.91. The number of phosphoric ester groups is 1. The first-order valence-electron chi connectivity index (χ1n) is 8.41. The molecule has 0 aromatic rings. The summed E-state index contributed by atoms with van der Waals surface area (Å²) in [4.78, 5) is 16.9. The first-order chi connectivity index (χ1) is 10.5. The highest BCUT2D eigenvalue weighted by molar-refractivity contribution is 7.46. The van der Waals surface area contributed by atoms with Crippen LogP contribution in [-0.4, -0.2) is 40.8 Å². The Morgan fingerprint density at radius 3 is 2.09 bits per heavy atom. The van der Waals surface area contributed by atoms with Gasteiger partial charge < -0.3 is 19.6 Å². The summed E-state index contributed by atoms with van der Waals surface area (Å²) in [6.45, 7) is 2.77. The van der Waals surface area contributed by atoms with Gasteiger partial charge in [0.15, 0.2) is 0 Å². The minimum atomic E-state index is -4.37. The van der Waals surface area contributed by atoms with E-state index in [2.05, 4.69) is 11.4 Å². The molecule has 0 aromatic carbocycles. The molecule has 134 valence electrons. The molecule has 0 saturated carbocycles. The Kier molecular flexibility index (Phi) is 14.6. The van der Waals surface area contributed by atoms with E-state index in [1.54, 1.807) is 0 Å². The molecule has 0 amide bonds. The second-order valence-electron chi connectivity index (χ2n) is 5.67. The zero-order chi connectivity index (χ0) is 16.7. The Morgan fingerprint density at radius 1 is 0.909 bits per heavy atom. The summed E-state index contributed by atoms with van der Waals surface area (Å²) in [5.41, 5.74) is 0. The third kappa shape index (κ3) is 18.1. The number of phosphoric acid groups is 1. The van der Waals surface area contributed by atoms with Gasteiger partial charge in [-0.3, -0.25) is 4.52 Å². The van der Waals surface area contributed by atoms with Gasteiger partial charge in [0.1, 0.15) is 0 Å². The topological polar surface area (TPSA) is 96.2 Å². The Balaban J connectivity index is 3.23. The summed E-state index contributed by atoms with van der Waals surface area (Å²) in [6.07, 6.45) is 10.6. The van der Waals surface area contributed by atoms with Crippen molar-refractivity contribution >= 4 is 7.82 Å². The van der Waals surface area contributed by atoms with Gasteiger partial charge in [-0.15, -0.1) is 0 Å². The Morgan fingerprint density at radius 2 is 1.50 bits per heavy atom. The van der Waals surface area contributed by atoms with Crippen LogP contribution in [0.5, 0.6) is 0 Å². The average molecular weight is 340 g/mol. The quantitative estimate of drug-likeness (QED) is 0.294. The van der Waals surface area contributed by atoms with Crippen LogP contribution in [0.25, 0.3) is 0 Å². The van der Waals surface area contributed by atoms with Crippen molar-refractivity contribution in [2.45, 2.75) is 77.2 Å². The summed E-state index contributed by atoms with van der Waals surface area (Å²) in [6, 6.07) is 0. The van der Waals surface area contributed by atoms with Crippen molar-refractivity contribution in [3.8, 4) is 0 Å². The van der Waals surface area contributed by atoms with Crippen molar-refractivity contribution in [1.82, 2.24) is 0 Å². The predicted octanol–water partition coefficient (Wildman–Crippen LogP) is 3.39. The number of unbranched alkanes of at least 4 members (excludes halogenated alkanes) is 7. The van der Waals surface area contributed by atoms with Crippen LogP contribution in [0.2, 0.25) is 0 Å². The monoisotopic (exact) mass is 340 g/mol. The van der Waals surface area contributed by atoms with Crippen molar-refractivity contribution in [1.29, 1.82) is 0 Å². The maximum Gasteiger partial charge on any atom is 0.469 e. The van der Waals surface area contributed by atoms with Crippen molar-refractivity contribution in [2.24, 2.45) is 0 Å². The summed E-state index contributed by atoms with van der Waals surface area (Å²) in [5, 5.41) is 9.73. The van der Waals surface area contributed by atoms with Crippen LogP contribution < -0.4 is 0 Å². The highest BCUT2D eigenvalue weighted by Gasteiger charge is 2.12. The Bertz CT molecular complexity index is 281. The molecule has 6 nitrogen and oxygen atoms in total. The second kappa shape index (κ2) is 14.6. The molecule has 1 atom stereocenters. The van der Waals surface area contributed by atoms with Gasteiger partial charge in [0, 0.05) is 6.61 Å². The van der Waals surface area contributed by atoms with Gasteiger partial charge >= 0.3 is 7.82 Å². The first-order valence-corrected chi connectivity index (χ1v) is 9.94. The zero-order valence-corrected chi connectivity index (χ0v) is 14.7. The van der Waals surface area contributed by atoms with Crippen molar-refractivity contribution < 1.29 is 28.7 Å². The molecule has 7 heteroatoms. The van der Waals surface area contributed by atoms with Crippen LogP contribution in [0.3, 0.4) is 0 Å². The molecule has 0 radical (unpaired) electrons. The van der Waals surface area contributed by atoms with E-state index in [4.69, 9.17) is 14.5 Å². The van der Waals surface area contributed by atoms with Crippen molar-refractivity contribution in [2.75, 3.05) is 19.8 Å². The first kappa shape index (κ1) is 22.0. The van der Waals surface area contributed by atoms with E-state index in [1.807, 2.05) is 0 Å². The molecule has 0 aliphatic rings. The Labute approximate surface area is 134 Å². The average Bonchev–Trinajstić information content (AvgIpc) is 2.44. The van der Waals surface area contributed by atoms with Gasteiger partial charge in [-0.25, -0.2) is 4.57 Å². The van der Waals surface area contributed by atoms with Crippen molar-refractivity contribution in [3.05, 3.63) is 0 Å². The van der Waals surface area contributed by atoms with Crippen molar-refractivity contribution in [3.63, 3.8) is 0 Å². The summed E-state index contributed by atoms with van der Waals surface area (Å²) in [7, 11) is -4.37. The minimum absolute atomic E-state index is 0.0432. The Hall–Kier alpha value is 0.0300. The second-order valence-corrected chi connectivity index (χ2v) is 6.91. The number of hydrogen-bond donors (Lipinski definition) is 3. The maximum atomic E-state index is 10.4. The highest BCUT2D eigenvalue weighted by atomic mass is 31.2. The van der Waals surface area contributed by atoms with Crippen LogP contribution in [0, 0.1) is 0 Å². The predicted molar refractivity (Wildman–Crippen MR) is 86.7 cm³/mol. The minimum Gasteiger partial charge on any atom is -0.391 e. The maximum absolute atomic E-state index is 10.4. The van der Waals surface area contributed by atoms with E-state index in [1.165, 1.54) is 38.5 Å². The van der Waals surface area contributed by atoms with Crippen LogP contribution in [0.15, 0.2) is 0 Å². The van der Waals surface area contributed by atoms with Crippen LogP contribution in [0.4, 0.5) is 0 Å². The zero-order valence-electron chi connectivity index (χ0n) is 13.8. The fourth-order valence-corrected chi connectivity index (χ4v) is 2.53. The number of aliphatic hydroxyl groups is 1. The van der Waals surface area contributed by atoms with E-state index in [9.17, 15) is 9.67 Å². The lowest BCUT2D eigenvalue weighted by atomic mass is 10.1. The standard InChI is InChI=1S/C15H33O6P/c1-2-3-4-5-6-7-8-9-11-15(16)14-20-12-10-13-21-22(17,18)19/h15-16H,2-14H2,1H3,(H2,17,18,19). The smallest absolute Gasteiger partial charge is 0.391 e. The van der Waals surface area contributed by atoms with Gasteiger partial charge in [-0.2, -0.15) is 0 Å². The molecule has 0 bridgehead atoms. The molecule has 22 heavy (non-hydrogen) atoms. The molecule has 0 heterocycles. The summed E-state index contributed by atoms with van der Waals surface area (Å²) < 4.78 is 19.9. The number of ether oxygens (including phenoxy) is 1. The summed E-state index contributed by atoms with van der Waals surface area (Å²) in [5.74, 6) is 0. The molecule has 0 fully saturated rings. The number of rotatable bonds is 16. The summed E-state index contributed by atoms with van der Waals surface area (Å²) >= 11 is 0. The third-order valence-electron chi connectivity index (χ3n) is 3.39. The normalized spacial score (nSPS) is 13.5.